The minimum Gasteiger partial charge on any atom is -0.371 e. The average molecular weight is 287 g/mol. The van der Waals surface area contributed by atoms with E-state index in [2.05, 4.69) is 54.4 Å². The van der Waals surface area contributed by atoms with Crippen LogP contribution in [0.4, 0.5) is 5.69 Å². The van der Waals surface area contributed by atoms with Crippen molar-refractivity contribution in [1.82, 2.24) is 5.32 Å². The van der Waals surface area contributed by atoms with Crippen molar-refractivity contribution in [2.75, 3.05) is 24.5 Å². The predicted octanol–water partition coefficient (Wildman–Crippen LogP) is 3.97. The van der Waals surface area contributed by atoms with Gasteiger partial charge in [0.1, 0.15) is 5.54 Å². The molecule has 116 valence electrons. The van der Waals surface area contributed by atoms with E-state index in [4.69, 9.17) is 0 Å². The molecule has 1 N–H and O–H groups in total. The van der Waals surface area contributed by atoms with Crippen molar-refractivity contribution in [2.24, 2.45) is 0 Å². The Balaban J connectivity index is 2.66. The summed E-state index contributed by atoms with van der Waals surface area (Å²) >= 11 is 0. The highest BCUT2D eigenvalue weighted by atomic mass is 15.1. The maximum Gasteiger partial charge on any atom is 0.105 e. The molecule has 1 unspecified atom stereocenters. The Morgan fingerprint density at radius 3 is 2.43 bits per heavy atom. The number of para-hydroxylation sites is 1. The fraction of sp³-hybridized carbons (Fsp3) is 0.611. The van der Waals surface area contributed by atoms with E-state index in [1.807, 2.05) is 13.0 Å². The summed E-state index contributed by atoms with van der Waals surface area (Å²) in [7, 11) is 0. The molecule has 0 aliphatic heterocycles. The van der Waals surface area contributed by atoms with Crippen molar-refractivity contribution < 1.29 is 0 Å². The standard InChI is InChI=1S/C18H29N3/c1-4-6-14-21(17-10-8-7-9-11-17)15-12-18(3,16-19)20-13-5-2/h7-11,20H,4-6,12-15H2,1-3H3. The van der Waals surface area contributed by atoms with Crippen molar-refractivity contribution in [2.45, 2.75) is 52.0 Å². The number of nitrogens with one attached hydrogen (secondary N) is 1. The summed E-state index contributed by atoms with van der Waals surface area (Å²) in [5.41, 5.74) is 0.816. The van der Waals surface area contributed by atoms with Gasteiger partial charge < -0.3 is 4.90 Å². The van der Waals surface area contributed by atoms with Gasteiger partial charge in [-0.3, -0.25) is 5.32 Å². The SMILES string of the molecule is CCCCN(CCC(C)(C#N)NCCC)c1ccccc1. The summed E-state index contributed by atoms with van der Waals surface area (Å²) in [5.74, 6) is 0. The number of benzene rings is 1. The third-order valence-corrected chi connectivity index (χ3v) is 3.80. The van der Waals surface area contributed by atoms with Crippen LogP contribution in [0.1, 0.15) is 46.5 Å². The highest BCUT2D eigenvalue weighted by Crippen LogP contribution is 2.17. The van der Waals surface area contributed by atoms with Gasteiger partial charge in [-0.15, -0.1) is 0 Å². The van der Waals surface area contributed by atoms with E-state index in [0.29, 0.717) is 0 Å². The largest absolute Gasteiger partial charge is 0.371 e. The smallest absolute Gasteiger partial charge is 0.105 e. The van der Waals surface area contributed by atoms with Crippen LogP contribution in [0.5, 0.6) is 0 Å². The Hall–Kier alpha value is -1.53. The van der Waals surface area contributed by atoms with Crippen LogP contribution in [-0.4, -0.2) is 25.2 Å². The normalized spacial score (nSPS) is 13.4. The minimum atomic E-state index is -0.435. The topological polar surface area (TPSA) is 39.1 Å². The molecule has 0 saturated heterocycles. The molecule has 1 aromatic carbocycles. The molecule has 3 heteroatoms. The zero-order valence-electron chi connectivity index (χ0n) is 13.7. The first-order valence-electron chi connectivity index (χ1n) is 8.11. The summed E-state index contributed by atoms with van der Waals surface area (Å²) in [6, 6.07) is 12.9. The molecule has 3 nitrogen and oxygen atoms in total. The molecule has 1 rings (SSSR count). The summed E-state index contributed by atoms with van der Waals surface area (Å²) in [4.78, 5) is 2.40. The monoisotopic (exact) mass is 287 g/mol. The Bertz CT molecular complexity index is 424. The van der Waals surface area contributed by atoms with Gasteiger partial charge in [0, 0.05) is 18.8 Å². The lowest BCUT2D eigenvalue weighted by atomic mass is 9.99. The lowest BCUT2D eigenvalue weighted by molar-refractivity contribution is 0.417. The fourth-order valence-electron chi connectivity index (χ4n) is 2.30. The zero-order chi connectivity index (χ0) is 15.6. The zero-order valence-corrected chi connectivity index (χ0v) is 13.7. The molecule has 1 atom stereocenters. The van der Waals surface area contributed by atoms with Gasteiger partial charge in [-0.2, -0.15) is 5.26 Å². The molecule has 0 heterocycles. The van der Waals surface area contributed by atoms with E-state index in [-0.39, 0.29) is 0 Å². The molecular weight excluding hydrogens is 258 g/mol. The third-order valence-electron chi connectivity index (χ3n) is 3.80. The average Bonchev–Trinajstić information content (AvgIpc) is 2.54. The van der Waals surface area contributed by atoms with Crippen LogP contribution in [0.3, 0.4) is 0 Å². The van der Waals surface area contributed by atoms with Crippen molar-refractivity contribution in [1.29, 1.82) is 5.26 Å². The highest BCUT2D eigenvalue weighted by Gasteiger charge is 2.23. The molecule has 0 spiro atoms. The molecule has 0 amide bonds. The van der Waals surface area contributed by atoms with Crippen LogP contribution in [0.25, 0.3) is 0 Å². The molecular formula is C18H29N3. The highest BCUT2D eigenvalue weighted by molar-refractivity contribution is 5.45. The predicted molar refractivity (Wildman–Crippen MR) is 90.5 cm³/mol. The number of anilines is 1. The lowest BCUT2D eigenvalue weighted by Gasteiger charge is -2.30. The van der Waals surface area contributed by atoms with Crippen LogP contribution in [-0.2, 0) is 0 Å². The van der Waals surface area contributed by atoms with Gasteiger partial charge in [0.15, 0.2) is 0 Å². The molecule has 0 fully saturated rings. The second kappa shape index (κ2) is 9.41. The maximum atomic E-state index is 9.44. The molecule has 0 aliphatic carbocycles. The van der Waals surface area contributed by atoms with Gasteiger partial charge in [-0.05, 0) is 44.9 Å². The summed E-state index contributed by atoms with van der Waals surface area (Å²) in [6.45, 7) is 9.20. The third kappa shape index (κ3) is 6.18. The van der Waals surface area contributed by atoms with Gasteiger partial charge in [-0.25, -0.2) is 0 Å². The first-order chi connectivity index (χ1) is 10.1. The number of nitriles is 1. The quantitative estimate of drug-likeness (QED) is 0.708. The van der Waals surface area contributed by atoms with Crippen LogP contribution in [0.2, 0.25) is 0 Å². The molecule has 0 aromatic heterocycles. The van der Waals surface area contributed by atoms with Gasteiger partial charge in [-0.1, -0.05) is 38.5 Å². The van der Waals surface area contributed by atoms with Crippen molar-refractivity contribution >= 4 is 5.69 Å². The molecule has 21 heavy (non-hydrogen) atoms. The number of hydrogen-bond acceptors (Lipinski definition) is 3. The van der Waals surface area contributed by atoms with Crippen LogP contribution >= 0.6 is 0 Å². The Morgan fingerprint density at radius 1 is 1.14 bits per heavy atom. The molecule has 0 bridgehead atoms. The Labute approximate surface area is 130 Å². The van der Waals surface area contributed by atoms with Crippen molar-refractivity contribution in [3.63, 3.8) is 0 Å². The van der Waals surface area contributed by atoms with Crippen LogP contribution in [0, 0.1) is 11.3 Å². The van der Waals surface area contributed by atoms with Crippen LogP contribution in [0.15, 0.2) is 30.3 Å². The second-order valence-corrected chi connectivity index (χ2v) is 5.80. The van der Waals surface area contributed by atoms with Crippen molar-refractivity contribution in [3.8, 4) is 6.07 Å². The van der Waals surface area contributed by atoms with Gasteiger partial charge >= 0.3 is 0 Å². The maximum absolute atomic E-state index is 9.44. The van der Waals surface area contributed by atoms with E-state index >= 15 is 0 Å². The second-order valence-electron chi connectivity index (χ2n) is 5.80. The number of hydrogen-bond donors (Lipinski definition) is 1. The van der Waals surface area contributed by atoms with Crippen molar-refractivity contribution in [3.05, 3.63) is 30.3 Å². The number of rotatable bonds is 10. The lowest BCUT2D eigenvalue weighted by Crippen LogP contribution is -2.44. The number of nitrogens with zero attached hydrogens (tertiary/aromatic N) is 2. The Kier molecular flexibility index (Phi) is 7.85. The van der Waals surface area contributed by atoms with E-state index in [0.717, 1.165) is 32.5 Å². The van der Waals surface area contributed by atoms with E-state index < -0.39 is 5.54 Å². The molecule has 0 aliphatic rings. The minimum absolute atomic E-state index is 0.435. The van der Waals surface area contributed by atoms with Crippen LogP contribution < -0.4 is 10.2 Å². The molecule has 0 saturated carbocycles. The van der Waals surface area contributed by atoms with E-state index in [1.54, 1.807) is 0 Å². The van der Waals surface area contributed by atoms with Gasteiger partial charge in [0.25, 0.3) is 0 Å². The van der Waals surface area contributed by atoms with Gasteiger partial charge in [0.2, 0.25) is 0 Å². The number of unbranched alkanes of at least 4 members (excludes halogenated alkanes) is 1. The fourth-order valence-corrected chi connectivity index (χ4v) is 2.30. The first kappa shape index (κ1) is 17.5. The summed E-state index contributed by atoms with van der Waals surface area (Å²) in [5, 5.41) is 12.8. The summed E-state index contributed by atoms with van der Waals surface area (Å²) in [6.07, 6.45) is 4.26. The molecule has 0 radical (unpaired) electrons. The Morgan fingerprint density at radius 2 is 1.86 bits per heavy atom. The summed E-state index contributed by atoms with van der Waals surface area (Å²) < 4.78 is 0. The van der Waals surface area contributed by atoms with E-state index in [9.17, 15) is 5.26 Å². The first-order valence-corrected chi connectivity index (χ1v) is 8.11. The van der Waals surface area contributed by atoms with Gasteiger partial charge in [0.05, 0.1) is 6.07 Å². The van der Waals surface area contributed by atoms with E-state index in [1.165, 1.54) is 18.5 Å². The molecule has 1 aromatic rings.